The highest BCUT2D eigenvalue weighted by molar-refractivity contribution is 6.31. The number of carbonyl (C=O) groups excluding carboxylic acids is 7. The summed E-state index contributed by atoms with van der Waals surface area (Å²) in [7, 11) is 0. The van der Waals surface area contributed by atoms with Crippen molar-refractivity contribution < 1.29 is 47.4 Å². The maximum Gasteiger partial charge on any atom is 0.264 e. The lowest BCUT2D eigenvalue weighted by Gasteiger charge is -2.47. The fourth-order valence-corrected chi connectivity index (χ4v) is 11.3. The van der Waals surface area contributed by atoms with Crippen molar-refractivity contribution in [1.29, 1.82) is 0 Å². The van der Waals surface area contributed by atoms with Crippen LogP contribution in [-0.2, 0) is 34.1 Å². The third-order valence-electron chi connectivity index (χ3n) is 13.9. The molecule has 354 valence electrons. The number of rotatable bonds is 16. The molecule has 4 heterocycles. The molecule has 3 fully saturated rings. The van der Waals surface area contributed by atoms with Gasteiger partial charge in [0.1, 0.15) is 17.3 Å². The molecule has 18 heteroatoms. The molecule has 5 aliphatic rings. The summed E-state index contributed by atoms with van der Waals surface area (Å²) < 4.78 is 27.6. The standard InChI is InChI=1S/C50H49Cl2FN6O9/c51-29-14-17-33-36(27-29)56-48(66)50(33)41(32-8-4-9-34(52)42(32)53)43(58-49(50)20-2-1-3-21-49)45(63)55-30-15-12-28(13-16-30)38(60)11-6-23-67-25-26-68-24-22-54-35-10-5-7-31-40(35)47(65)59(46(31)64)37-18-19-39(61)57-44(37)62/h4-5,7-10,12-17,27,37,41,43,54,58H,1-3,6,11,18-26H2,(H,55,63)(H,56,66)(H,57,61,62)/t37?,41-,43+,50+/m0/s1. The number of piperidine rings is 1. The number of benzene rings is 4. The Morgan fingerprint density at radius 1 is 0.838 bits per heavy atom. The molecule has 1 aliphatic carbocycles. The number of carbonyl (C=O) groups is 7. The monoisotopic (exact) mass is 966 g/mol. The molecule has 9 rings (SSSR count). The fraction of sp³-hybridized carbons (Fsp3) is 0.380. The summed E-state index contributed by atoms with van der Waals surface area (Å²) in [6, 6.07) is 19.2. The Morgan fingerprint density at radius 2 is 1.59 bits per heavy atom. The molecule has 4 aromatic carbocycles. The van der Waals surface area contributed by atoms with E-state index in [9.17, 15) is 33.6 Å². The van der Waals surface area contributed by atoms with E-state index in [1.54, 1.807) is 66.7 Å². The Bertz CT molecular complexity index is 2710. The summed E-state index contributed by atoms with van der Waals surface area (Å²) >= 11 is 12.8. The number of hydrogen-bond acceptors (Lipinski definition) is 11. The number of imide groups is 2. The minimum absolute atomic E-state index is 0.0348. The van der Waals surface area contributed by atoms with Gasteiger partial charge in [0, 0.05) is 65.1 Å². The van der Waals surface area contributed by atoms with Gasteiger partial charge in [0.25, 0.3) is 11.8 Å². The van der Waals surface area contributed by atoms with Gasteiger partial charge in [-0.15, -0.1) is 0 Å². The largest absolute Gasteiger partial charge is 0.382 e. The quantitative estimate of drug-likeness (QED) is 0.0443. The number of ketones is 1. The van der Waals surface area contributed by atoms with Gasteiger partial charge in [-0.2, -0.15) is 0 Å². The van der Waals surface area contributed by atoms with Crippen molar-refractivity contribution in [3.05, 3.63) is 123 Å². The first kappa shape index (κ1) is 47.0. The van der Waals surface area contributed by atoms with Gasteiger partial charge in [0.15, 0.2) is 5.78 Å². The second kappa shape index (κ2) is 19.5. The Kier molecular flexibility index (Phi) is 13.5. The molecule has 0 aromatic heterocycles. The van der Waals surface area contributed by atoms with Crippen LogP contribution in [-0.4, -0.2) is 96.7 Å². The highest BCUT2D eigenvalue weighted by atomic mass is 35.5. The number of ether oxygens (including phenoxy) is 2. The van der Waals surface area contributed by atoms with Crippen LogP contribution >= 0.6 is 23.2 Å². The number of hydrogen-bond donors (Lipinski definition) is 5. The van der Waals surface area contributed by atoms with Gasteiger partial charge in [-0.25, -0.2) is 4.39 Å². The van der Waals surface area contributed by atoms with Gasteiger partial charge in [0.05, 0.1) is 42.0 Å². The summed E-state index contributed by atoms with van der Waals surface area (Å²) in [6.07, 6.45) is 4.54. The van der Waals surface area contributed by atoms with E-state index in [0.717, 1.165) is 24.2 Å². The van der Waals surface area contributed by atoms with Crippen LogP contribution < -0.4 is 26.6 Å². The van der Waals surface area contributed by atoms with E-state index >= 15 is 4.39 Å². The second-order valence-corrected chi connectivity index (χ2v) is 18.6. The van der Waals surface area contributed by atoms with E-state index < -0.39 is 64.3 Å². The molecule has 0 radical (unpaired) electrons. The van der Waals surface area contributed by atoms with Gasteiger partial charge in [-0.05, 0) is 91.4 Å². The molecule has 4 aliphatic heterocycles. The van der Waals surface area contributed by atoms with E-state index in [1.165, 1.54) is 12.1 Å². The average molecular weight is 968 g/mol. The Labute approximate surface area is 401 Å². The van der Waals surface area contributed by atoms with Gasteiger partial charge in [0.2, 0.25) is 23.6 Å². The normalized spacial score (nSPS) is 22.6. The molecule has 4 aromatic rings. The van der Waals surface area contributed by atoms with E-state index in [0.29, 0.717) is 65.6 Å². The maximum atomic E-state index is 16.2. The van der Waals surface area contributed by atoms with Crippen molar-refractivity contribution in [3.8, 4) is 0 Å². The Hall–Kier alpha value is -6.04. The fourth-order valence-electron chi connectivity index (χ4n) is 10.9. The van der Waals surface area contributed by atoms with Crippen LogP contribution in [0.4, 0.5) is 21.5 Å². The van der Waals surface area contributed by atoms with Crippen molar-refractivity contribution in [2.24, 2.45) is 0 Å². The van der Waals surface area contributed by atoms with Crippen LogP contribution in [0.15, 0.2) is 78.9 Å². The highest BCUT2D eigenvalue weighted by Crippen LogP contribution is 2.63. The molecule has 2 spiro atoms. The lowest BCUT2D eigenvalue weighted by molar-refractivity contribution is -0.136. The molecule has 4 atom stereocenters. The highest BCUT2D eigenvalue weighted by Gasteiger charge is 2.72. The molecule has 1 unspecified atom stereocenters. The zero-order valence-corrected chi connectivity index (χ0v) is 38.4. The van der Waals surface area contributed by atoms with Gasteiger partial charge >= 0.3 is 0 Å². The molecule has 15 nitrogen and oxygen atoms in total. The van der Waals surface area contributed by atoms with Crippen molar-refractivity contribution in [2.75, 3.05) is 48.9 Å². The second-order valence-electron chi connectivity index (χ2n) is 17.8. The van der Waals surface area contributed by atoms with Crippen molar-refractivity contribution in [2.45, 2.75) is 86.7 Å². The summed E-state index contributed by atoms with van der Waals surface area (Å²) in [5.74, 6) is -4.87. The van der Waals surface area contributed by atoms with Crippen LogP contribution in [0.3, 0.4) is 0 Å². The number of anilines is 3. The lowest BCUT2D eigenvalue weighted by atomic mass is 9.55. The SMILES string of the molecule is O=C1CCC(N2C(=O)c3cccc(NCCOCCOCCCC(=O)c4ccc(NC(=O)[C@@H]5NC6(CCCCC6)[C@@]6(C(=O)Nc7cc(Cl)ccc76)[C@H]5c5cccc(Cl)c5F)cc4)c3C2=O)C(=O)N1. The van der Waals surface area contributed by atoms with Gasteiger partial charge in [-0.1, -0.05) is 66.7 Å². The van der Waals surface area contributed by atoms with Crippen molar-refractivity contribution >= 4 is 81.5 Å². The van der Waals surface area contributed by atoms with Crippen LogP contribution in [0, 0.1) is 5.82 Å². The van der Waals surface area contributed by atoms with Crippen molar-refractivity contribution in [1.82, 2.24) is 15.5 Å². The number of fused-ring (bicyclic) bond motifs is 4. The number of nitrogens with one attached hydrogen (secondary N) is 5. The minimum Gasteiger partial charge on any atom is -0.382 e. The predicted octanol–water partition coefficient (Wildman–Crippen LogP) is 6.93. The number of Topliss-reactive ketones (excluding diaryl/α,β-unsaturated/α-hetero) is 1. The van der Waals surface area contributed by atoms with Crippen LogP contribution in [0.2, 0.25) is 10.0 Å². The molecule has 0 bridgehead atoms. The smallest absolute Gasteiger partial charge is 0.264 e. The topological polar surface area (TPSA) is 201 Å². The van der Waals surface area contributed by atoms with Crippen molar-refractivity contribution in [3.63, 3.8) is 0 Å². The first-order chi connectivity index (χ1) is 32.8. The molecule has 2 saturated heterocycles. The third kappa shape index (κ3) is 8.46. The first-order valence-electron chi connectivity index (χ1n) is 22.9. The average Bonchev–Trinajstić information content (AvgIpc) is 3.88. The minimum atomic E-state index is -1.36. The maximum absolute atomic E-state index is 16.2. The zero-order valence-electron chi connectivity index (χ0n) is 36.9. The van der Waals surface area contributed by atoms with E-state index in [1.807, 2.05) is 0 Å². The van der Waals surface area contributed by atoms with E-state index in [-0.39, 0.29) is 72.5 Å². The number of amides is 6. The molecule has 68 heavy (non-hydrogen) atoms. The summed E-state index contributed by atoms with van der Waals surface area (Å²) in [5, 5.41) is 15.3. The molecule has 5 N–H and O–H groups in total. The first-order valence-corrected chi connectivity index (χ1v) is 23.6. The number of nitrogens with zero attached hydrogens (tertiary/aromatic N) is 1. The van der Waals surface area contributed by atoms with Crippen LogP contribution in [0.1, 0.15) is 106 Å². The molecular weight excluding hydrogens is 918 g/mol. The third-order valence-corrected chi connectivity index (χ3v) is 14.4. The Balaban J connectivity index is 0.755. The van der Waals surface area contributed by atoms with E-state index in [2.05, 4.69) is 26.6 Å². The lowest BCUT2D eigenvalue weighted by Crippen LogP contribution is -2.60. The predicted molar refractivity (Wildman–Crippen MR) is 251 cm³/mol. The summed E-state index contributed by atoms with van der Waals surface area (Å²) in [4.78, 5) is 93.6. The van der Waals surface area contributed by atoms with Gasteiger partial charge < -0.3 is 25.4 Å². The Morgan fingerprint density at radius 3 is 2.35 bits per heavy atom. The summed E-state index contributed by atoms with van der Waals surface area (Å²) in [6.45, 7) is 1.46. The zero-order chi connectivity index (χ0) is 47.7. The van der Waals surface area contributed by atoms with Crippen LogP contribution in [0.5, 0.6) is 0 Å². The van der Waals surface area contributed by atoms with Gasteiger partial charge in [-0.3, -0.25) is 49.1 Å². The van der Waals surface area contributed by atoms with Crippen LogP contribution in [0.25, 0.3) is 0 Å². The molecule has 6 amide bonds. The van der Waals surface area contributed by atoms with E-state index in [4.69, 9.17) is 32.7 Å². The summed E-state index contributed by atoms with van der Waals surface area (Å²) in [5.41, 5.74) is 0.754. The molecular formula is C50H49Cl2FN6O9. The number of halogens is 3. The molecule has 1 saturated carbocycles.